The highest BCUT2D eigenvalue weighted by Crippen LogP contribution is 2.33. The van der Waals surface area contributed by atoms with Crippen molar-refractivity contribution < 1.29 is 45.5 Å². The molecule has 264 valence electrons. The quantitative estimate of drug-likeness (QED) is 0.211. The van der Waals surface area contributed by atoms with Crippen molar-refractivity contribution in [2.75, 3.05) is 26.3 Å². The summed E-state index contributed by atoms with van der Waals surface area (Å²) in [7, 11) is -7.82. The predicted molar refractivity (Wildman–Crippen MR) is 176 cm³/mol. The summed E-state index contributed by atoms with van der Waals surface area (Å²) in [5.74, 6) is -0.180. The number of aromatic nitrogens is 1. The van der Waals surface area contributed by atoms with Crippen LogP contribution in [0.3, 0.4) is 0 Å². The highest BCUT2D eigenvalue weighted by atomic mass is 32.2. The van der Waals surface area contributed by atoms with E-state index in [2.05, 4.69) is 15.2 Å². The van der Waals surface area contributed by atoms with Gasteiger partial charge in [0.25, 0.3) is 0 Å². The Bertz CT molecular complexity index is 1770. The van der Waals surface area contributed by atoms with Crippen LogP contribution in [0.2, 0.25) is 0 Å². The molecule has 2 fully saturated rings. The second kappa shape index (κ2) is 15.2. The maximum absolute atomic E-state index is 14.1. The Morgan fingerprint density at radius 2 is 1.81 bits per heavy atom. The van der Waals surface area contributed by atoms with Gasteiger partial charge >= 0.3 is 6.09 Å². The number of ether oxygens (including phenoxy) is 3. The molecule has 0 spiro atoms. The van der Waals surface area contributed by atoms with Crippen LogP contribution >= 0.6 is 0 Å². The van der Waals surface area contributed by atoms with E-state index >= 15 is 0 Å². The fourth-order valence-corrected chi connectivity index (χ4v) is 8.10. The summed E-state index contributed by atoms with van der Waals surface area (Å²) >= 11 is 0. The number of carbonyl (C=O) groups excluding carboxylic acids is 1. The third kappa shape index (κ3) is 8.53. The average molecular weight is 709 g/mol. The number of nitrogens with zero attached hydrogens (tertiary/aromatic N) is 2. The summed E-state index contributed by atoms with van der Waals surface area (Å²) in [4.78, 5) is 13.0. The second-order valence-corrected chi connectivity index (χ2v) is 17.2. The molecule has 3 heterocycles. The van der Waals surface area contributed by atoms with Crippen LogP contribution in [-0.4, -0.2) is 93.6 Å². The van der Waals surface area contributed by atoms with Crippen LogP contribution in [0.4, 0.5) is 4.79 Å². The number of benzene rings is 2. The van der Waals surface area contributed by atoms with E-state index in [-0.39, 0.29) is 60.7 Å². The highest BCUT2D eigenvalue weighted by molar-refractivity contribution is 7.90. The number of nitrogens with one attached hydrogen (secondary N) is 2. The molecule has 5 atom stereocenters. The van der Waals surface area contributed by atoms with Gasteiger partial charge in [0.1, 0.15) is 11.8 Å². The molecule has 0 bridgehead atoms. The second-order valence-electron chi connectivity index (χ2n) is 12.9. The number of hydrogen-bond acceptors (Lipinski definition) is 11. The normalized spacial score (nSPS) is 21.2. The first kappa shape index (κ1) is 36.2. The lowest BCUT2D eigenvalue weighted by molar-refractivity contribution is -0.0907. The number of carbonyl (C=O) groups is 1. The number of aliphatic hydroxyl groups excluding tert-OH is 1. The van der Waals surface area contributed by atoms with Crippen LogP contribution in [0.15, 0.2) is 57.9 Å². The molecular formula is C32H44N4O10S2. The van der Waals surface area contributed by atoms with Crippen molar-refractivity contribution in [3.8, 4) is 0 Å². The van der Waals surface area contributed by atoms with E-state index in [4.69, 9.17) is 18.7 Å². The maximum atomic E-state index is 14.1. The van der Waals surface area contributed by atoms with Crippen molar-refractivity contribution in [3.05, 3.63) is 59.8 Å². The smallest absolute Gasteiger partial charge is 0.407 e. The molecule has 1 unspecified atom stereocenters. The molecule has 0 radical (unpaired) electrons. The number of sulfonamides is 2. The molecule has 1 aromatic heterocycles. The summed E-state index contributed by atoms with van der Waals surface area (Å²) < 4.78 is 78.7. The Kier molecular flexibility index (Phi) is 11.4. The monoisotopic (exact) mass is 708 g/mol. The van der Waals surface area contributed by atoms with Crippen LogP contribution in [0.5, 0.6) is 0 Å². The van der Waals surface area contributed by atoms with Crippen molar-refractivity contribution in [3.63, 3.8) is 0 Å². The van der Waals surface area contributed by atoms with E-state index in [1.165, 1.54) is 22.5 Å². The fourth-order valence-electron chi connectivity index (χ4n) is 5.78. The summed E-state index contributed by atoms with van der Waals surface area (Å²) in [6.07, 6.45) is -2.05. The van der Waals surface area contributed by atoms with Gasteiger partial charge in [-0.05, 0) is 56.4 Å². The number of fused-ring (bicyclic) bond motifs is 2. The zero-order valence-electron chi connectivity index (χ0n) is 27.4. The van der Waals surface area contributed by atoms with E-state index in [9.17, 15) is 26.7 Å². The molecule has 14 nitrogen and oxygen atoms in total. The molecule has 0 aliphatic carbocycles. The Labute approximate surface area is 281 Å². The van der Waals surface area contributed by atoms with Gasteiger partial charge < -0.3 is 29.2 Å². The number of aliphatic hydroxyl groups is 1. The van der Waals surface area contributed by atoms with Gasteiger partial charge in [-0.2, -0.15) is 4.31 Å². The summed E-state index contributed by atoms with van der Waals surface area (Å²) in [6, 6.07) is 12.6. The van der Waals surface area contributed by atoms with Crippen molar-refractivity contribution in [2.45, 2.75) is 81.8 Å². The van der Waals surface area contributed by atoms with E-state index < -0.39 is 55.9 Å². The molecule has 3 N–H and O–H groups in total. The van der Waals surface area contributed by atoms with Crippen LogP contribution < -0.4 is 10.0 Å². The number of hydrogen-bond donors (Lipinski definition) is 3. The summed E-state index contributed by atoms with van der Waals surface area (Å²) in [5, 5.41) is 18.0. The average Bonchev–Trinajstić information content (AvgIpc) is 3.77. The minimum atomic E-state index is -4.21. The number of amides is 1. The minimum absolute atomic E-state index is 0.0707. The molecule has 2 aliphatic heterocycles. The van der Waals surface area contributed by atoms with Crippen LogP contribution in [-0.2, 0) is 47.2 Å². The zero-order chi connectivity index (χ0) is 34.6. The van der Waals surface area contributed by atoms with E-state index in [1.807, 2.05) is 44.2 Å². The zero-order valence-corrected chi connectivity index (χ0v) is 29.1. The Morgan fingerprint density at radius 1 is 1.06 bits per heavy atom. The largest absolute Gasteiger partial charge is 0.443 e. The van der Waals surface area contributed by atoms with Crippen molar-refractivity contribution >= 4 is 37.1 Å². The van der Waals surface area contributed by atoms with E-state index in [0.29, 0.717) is 18.4 Å². The standard InChI is InChI=1S/C32H44N4O10S2/c1-20(2)17-36(48(41,42)23-10-11-29-25(15-23)27(35-46-29)16-33-47(39,40)21(3)4)18-28(37)26(14-22-8-6-5-7-9-22)34-32(38)45-30-19-44-31-24(30)12-13-43-31/h5-11,15,20-21,24,26,28,30-31,33,37H,12-14,16-19H2,1-4H3,(H,34,38)/t24-,26-,28+,30?,31+/m0/s1. The van der Waals surface area contributed by atoms with Gasteiger partial charge in [0.05, 0.1) is 48.0 Å². The van der Waals surface area contributed by atoms with Crippen molar-refractivity contribution in [1.29, 1.82) is 0 Å². The predicted octanol–water partition coefficient (Wildman–Crippen LogP) is 2.76. The maximum Gasteiger partial charge on any atom is 0.407 e. The third-order valence-corrected chi connectivity index (χ3v) is 12.1. The SMILES string of the molecule is CC(C)CN(C[C@@H](O)[C@H](Cc1ccccc1)NC(=O)OC1CO[C@H]2OCC[C@@H]12)S(=O)(=O)c1ccc2onc(CNS(=O)(=O)C(C)C)c2c1. The first-order valence-corrected chi connectivity index (χ1v) is 19.0. The van der Waals surface area contributed by atoms with E-state index in [0.717, 1.165) is 5.56 Å². The van der Waals surface area contributed by atoms with Crippen molar-refractivity contribution in [2.24, 2.45) is 11.8 Å². The van der Waals surface area contributed by atoms with Gasteiger partial charge in [-0.15, -0.1) is 0 Å². The molecule has 0 saturated carbocycles. The Morgan fingerprint density at radius 3 is 2.52 bits per heavy atom. The van der Waals surface area contributed by atoms with Crippen LogP contribution in [0, 0.1) is 11.8 Å². The Balaban J connectivity index is 1.36. The fraction of sp³-hybridized carbons (Fsp3) is 0.562. The lowest BCUT2D eigenvalue weighted by Gasteiger charge is -2.31. The first-order valence-electron chi connectivity index (χ1n) is 16.0. The molecule has 2 aromatic carbocycles. The molecule has 1 amide bonds. The molecule has 5 rings (SSSR count). The number of alkyl carbamates (subject to hydrolysis) is 1. The van der Waals surface area contributed by atoms with Gasteiger partial charge in [-0.3, -0.25) is 0 Å². The highest BCUT2D eigenvalue weighted by Gasteiger charge is 2.44. The molecule has 2 aliphatic rings. The third-order valence-electron chi connectivity index (χ3n) is 8.48. The topological polar surface area (TPSA) is 187 Å². The lowest BCUT2D eigenvalue weighted by Crippen LogP contribution is -2.51. The Hall–Kier alpha value is -3.12. The van der Waals surface area contributed by atoms with Gasteiger partial charge in [0.2, 0.25) is 20.0 Å². The molecule has 48 heavy (non-hydrogen) atoms. The molecule has 3 aromatic rings. The van der Waals surface area contributed by atoms with Gasteiger partial charge in [-0.1, -0.05) is 49.3 Å². The van der Waals surface area contributed by atoms with Gasteiger partial charge in [0, 0.05) is 18.5 Å². The van der Waals surface area contributed by atoms with Crippen molar-refractivity contribution in [1.82, 2.24) is 19.5 Å². The van der Waals surface area contributed by atoms with Crippen LogP contribution in [0.25, 0.3) is 11.0 Å². The van der Waals surface area contributed by atoms with Gasteiger partial charge in [-0.25, -0.2) is 26.4 Å². The molecular weight excluding hydrogens is 665 g/mol. The molecule has 2 saturated heterocycles. The minimum Gasteiger partial charge on any atom is -0.443 e. The summed E-state index contributed by atoms with van der Waals surface area (Å²) in [6.45, 7) is 7.09. The van der Waals surface area contributed by atoms with Gasteiger partial charge in [0.15, 0.2) is 11.9 Å². The molecule has 16 heteroatoms. The lowest BCUT2D eigenvalue weighted by atomic mass is 10.0. The van der Waals surface area contributed by atoms with Crippen LogP contribution in [0.1, 0.15) is 45.4 Å². The van der Waals surface area contributed by atoms with E-state index in [1.54, 1.807) is 13.8 Å². The first-order chi connectivity index (χ1) is 22.7. The number of rotatable bonds is 15. The summed E-state index contributed by atoms with van der Waals surface area (Å²) in [5.41, 5.74) is 1.35.